The van der Waals surface area contributed by atoms with Gasteiger partial charge in [0.15, 0.2) is 11.5 Å². The maximum Gasteiger partial charge on any atom is 0.213 e. The third-order valence-electron chi connectivity index (χ3n) is 4.22. The Morgan fingerprint density at radius 3 is 1.92 bits per heavy atom. The van der Waals surface area contributed by atoms with E-state index in [-0.39, 0.29) is 5.75 Å². The van der Waals surface area contributed by atoms with Gasteiger partial charge in [-0.25, -0.2) is 8.42 Å². The zero-order chi connectivity index (χ0) is 17.7. The van der Waals surface area contributed by atoms with Crippen molar-refractivity contribution in [3.63, 3.8) is 0 Å². The van der Waals surface area contributed by atoms with Gasteiger partial charge in [0.05, 0.1) is 27.1 Å². The van der Waals surface area contributed by atoms with Crippen molar-refractivity contribution in [3.8, 4) is 17.2 Å². The van der Waals surface area contributed by atoms with Gasteiger partial charge in [-0.2, -0.15) is 4.31 Å². The molecule has 1 fully saturated rings. The second-order valence-corrected chi connectivity index (χ2v) is 7.87. The monoisotopic (exact) mass is 358 g/mol. The van der Waals surface area contributed by atoms with Crippen molar-refractivity contribution >= 4 is 10.0 Å². The van der Waals surface area contributed by atoms with Gasteiger partial charge in [-0.15, -0.1) is 0 Å². The predicted molar refractivity (Wildman–Crippen MR) is 92.4 cm³/mol. The van der Waals surface area contributed by atoms with Gasteiger partial charge in [0.2, 0.25) is 15.8 Å². The van der Waals surface area contributed by atoms with E-state index in [1.165, 1.54) is 0 Å². The summed E-state index contributed by atoms with van der Waals surface area (Å²) < 4.78 is 41.5. The summed E-state index contributed by atoms with van der Waals surface area (Å²) in [6, 6.07) is 3.85. The van der Waals surface area contributed by atoms with Crippen LogP contribution in [0.5, 0.6) is 17.2 Å². The highest BCUT2D eigenvalue weighted by Crippen LogP contribution is 2.38. The molecule has 1 aliphatic heterocycles. The lowest BCUT2D eigenvalue weighted by Crippen LogP contribution is -2.48. The lowest BCUT2D eigenvalue weighted by molar-refractivity contribution is 0.181. The van der Waals surface area contributed by atoms with E-state index < -0.39 is 10.0 Å². The van der Waals surface area contributed by atoms with Crippen LogP contribution in [0.25, 0.3) is 0 Å². The third kappa shape index (κ3) is 4.12. The first-order chi connectivity index (χ1) is 11.4. The molecule has 0 aromatic heterocycles. The van der Waals surface area contributed by atoms with Gasteiger partial charge in [0.25, 0.3) is 0 Å². The van der Waals surface area contributed by atoms with Crippen molar-refractivity contribution in [1.29, 1.82) is 0 Å². The van der Waals surface area contributed by atoms with E-state index in [2.05, 4.69) is 4.90 Å². The Hall–Kier alpha value is -1.51. The standard InChI is InChI=1S/C16H26N2O5S/c1-5-24(19,20)18-8-6-17(7-9-18)12-13-10-14(21-2)16(23-4)15(11-13)22-3/h10-11H,5-9,12H2,1-4H3. The number of piperazine rings is 1. The second-order valence-electron chi connectivity index (χ2n) is 5.61. The molecule has 136 valence electrons. The van der Waals surface area contributed by atoms with Crippen LogP contribution >= 0.6 is 0 Å². The van der Waals surface area contributed by atoms with E-state index in [1.54, 1.807) is 32.6 Å². The van der Waals surface area contributed by atoms with Crippen molar-refractivity contribution in [2.75, 3.05) is 53.3 Å². The summed E-state index contributed by atoms with van der Waals surface area (Å²) in [6.45, 7) is 4.85. The number of hydrogen-bond acceptors (Lipinski definition) is 6. The molecule has 0 radical (unpaired) electrons. The molecule has 2 rings (SSSR count). The van der Waals surface area contributed by atoms with Gasteiger partial charge in [0, 0.05) is 32.7 Å². The molecule has 1 aliphatic rings. The van der Waals surface area contributed by atoms with Crippen LogP contribution in [0, 0.1) is 0 Å². The molecule has 0 bridgehead atoms. The Balaban J connectivity index is 2.07. The molecule has 1 aromatic carbocycles. The summed E-state index contributed by atoms with van der Waals surface area (Å²) in [5, 5.41) is 0. The van der Waals surface area contributed by atoms with Gasteiger partial charge in [-0.3, -0.25) is 4.90 Å². The van der Waals surface area contributed by atoms with Crippen molar-refractivity contribution in [3.05, 3.63) is 17.7 Å². The van der Waals surface area contributed by atoms with Crippen LogP contribution in [0.2, 0.25) is 0 Å². The fourth-order valence-electron chi connectivity index (χ4n) is 2.83. The Morgan fingerprint density at radius 1 is 0.958 bits per heavy atom. The molecule has 1 aromatic rings. The van der Waals surface area contributed by atoms with Gasteiger partial charge in [0.1, 0.15) is 0 Å². The highest BCUT2D eigenvalue weighted by molar-refractivity contribution is 7.89. The number of nitrogens with zero attached hydrogens (tertiary/aromatic N) is 2. The van der Waals surface area contributed by atoms with Crippen LogP contribution in [0.1, 0.15) is 12.5 Å². The molecular formula is C16H26N2O5S. The number of hydrogen-bond donors (Lipinski definition) is 0. The fourth-order valence-corrected chi connectivity index (χ4v) is 3.92. The Morgan fingerprint density at radius 2 is 1.50 bits per heavy atom. The van der Waals surface area contributed by atoms with Crippen LogP contribution in [-0.4, -0.2) is 70.9 Å². The summed E-state index contributed by atoms with van der Waals surface area (Å²) in [4.78, 5) is 2.22. The summed E-state index contributed by atoms with van der Waals surface area (Å²) >= 11 is 0. The van der Waals surface area contributed by atoms with E-state index in [9.17, 15) is 8.42 Å². The highest BCUT2D eigenvalue weighted by atomic mass is 32.2. The Kier molecular flexibility index (Phi) is 6.31. The van der Waals surface area contributed by atoms with E-state index in [0.29, 0.717) is 50.0 Å². The van der Waals surface area contributed by atoms with Crippen LogP contribution in [0.4, 0.5) is 0 Å². The quantitative estimate of drug-likeness (QED) is 0.729. The van der Waals surface area contributed by atoms with Gasteiger partial charge < -0.3 is 14.2 Å². The van der Waals surface area contributed by atoms with E-state index >= 15 is 0 Å². The maximum atomic E-state index is 11.9. The van der Waals surface area contributed by atoms with Crippen molar-refractivity contribution in [1.82, 2.24) is 9.21 Å². The lowest BCUT2D eigenvalue weighted by Gasteiger charge is -2.33. The lowest BCUT2D eigenvalue weighted by atomic mass is 10.1. The summed E-state index contributed by atoms with van der Waals surface area (Å²) in [5.41, 5.74) is 1.04. The predicted octanol–water partition coefficient (Wildman–Crippen LogP) is 1.18. The van der Waals surface area contributed by atoms with Gasteiger partial charge in [-0.05, 0) is 24.6 Å². The molecule has 8 heteroatoms. The van der Waals surface area contributed by atoms with Gasteiger partial charge >= 0.3 is 0 Å². The van der Waals surface area contributed by atoms with Crippen LogP contribution in [0.15, 0.2) is 12.1 Å². The van der Waals surface area contributed by atoms with E-state index in [4.69, 9.17) is 14.2 Å². The maximum absolute atomic E-state index is 11.9. The van der Waals surface area contributed by atoms with Gasteiger partial charge in [-0.1, -0.05) is 0 Å². The molecule has 24 heavy (non-hydrogen) atoms. The third-order valence-corrected chi connectivity index (χ3v) is 6.10. The Bertz CT molecular complexity index is 629. The molecular weight excluding hydrogens is 332 g/mol. The number of sulfonamides is 1. The van der Waals surface area contributed by atoms with Crippen LogP contribution < -0.4 is 14.2 Å². The zero-order valence-electron chi connectivity index (χ0n) is 14.7. The minimum atomic E-state index is -3.10. The first-order valence-electron chi connectivity index (χ1n) is 7.94. The molecule has 1 heterocycles. The normalized spacial score (nSPS) is 16.8. The summed E-state index contributed by atoms with van der Waals surface area (Å²) in [5.74, 6) is 1.97. The first kappa shape index (κ1) is 18.8. The number of rotatable bonds is 7. The second kappa shape index (κ2) is 8.04. The average Bonchev–Trinajstić information content (AvgIpc) is 2.61. The van der Waals surface area contributed by atoms with Crippen molar-refractivity contribution in [2.45, 2.75) is 13.5 Å². The zero-order valence-corrected chi connectivity index (χ0v) is 15.6. The minimum absolute atomic E-state index is 0.153. The molecule has 0 atom stereocenters. The molecule has 0 N–H and O–H groups in total. The molecule has 0 saturated carbocycles. The van der Waals surface area contributed by atoms with E-state index in [0.717, 1.165) is 5.56 Å². The number of benzene rings is 1. The average molecular weight is 358 g/mol. The van der Waals surface area contributed by atoms with Crippen LogP contribution in [0.3, 0.4) is 0 Å². The van der Waals surface area contributed by atoms with E-state index in [1.807, 2.05) is 12.1 Å². The molecule has 0 aliphatic carbocycles. The number of methoxy groups -OCH3 is 3. The summed E-state index contributed by atoms with van der Waals surface area (Å²) in [7, 11) is 1.66. The first-order valence-corrected chi connectivity index (χ1v) is 9.55. The topological polar surface area (TPSA) is 68.3 Å². The van der Waals surface area contributed by atoms with Crippen molar-refractivity contribution in [2.24, 2.45) is 0 Å². The highest BCUT2D eigenvalue weighted by Gasteiger charge is 2.25. The fraction of sp³-hybridized carbons (Fsp3) is 0.625. The van der Waals surface area contributed by atoms with Crippen LogP contribution in [-0.2, 0) is 16.6 Å². The SMILES string of the molecule is CCS(=O)(=O)N1CCN(Cc2cc(OC)c(OC)c(OC)c2)CC1. The van der Waals surface area contributed by atoms with Crippen molar-refractivity contribution < 1.29 is 22.6 Å². The summed E-state index contributed by atoms with van der Waals surface area (Å²) in [6.07, 6.45) is 0. The molecule has 0 spiro atoms. The largest absolute Gasteiger partial charge is 0.493 e. The smallest absolute Gasteiger partial charge is 0.213 e. The number of ether oxygens (including phenoxy) is 3. The molecule has 0 amide bonds. The Labute approximate surface area is 144 Å². The molecule has 1 saturated heterocycles. The minimum Gasteiger partial charge on any atom is -0.493 e. The molecule has 0 unspecified atom stereocenters. The molecule has 7 nitrogen and oxygen atoms in total.